The van der Waals surface area contributed by atoms with E-state index in [2.05, 4.69) is 16.0 Å². The van der Waals surface area contributed by atoms with Crippen LogP contribution in [-0.4, -0.2) is 49.1 Å². The minimum Gasteiger partial charge on any atom is -0.354 e. The van der Waals surface area contributed by atoms with E-state index >= 15 is 0 Å². The highest BCUT2D eigenvalue weighted by atomic mass is 32.2. The molecule has 150 valence electrons. The number of nitrogens with zero attached hydrogens (tertiary/aromatic N) is 1. The van der Waals surface area contributed by atoms with Crippen molar-refractivity contribution in [3.8, 4) is 0 Å². The van der Waals surface area contributed by atoms with Crippen LogP contribution in [0.4, 0.5) is 0 Å². The van der Waals surface area contributed by atoms with Gasteiger partial charge in [0.2, 0.25) is 17.7 Å². The van der Waals surface area contributed by atoms with Crippen molar-refractivity contribution in [2.45, 2.75) is 43.2 Å². The maximum Gasteiger partial charge on any atom is 0.264 e. The average Bonchev–Trinajstić information content (AvgIpc) is 2.65. The highest BCUT2D eigenvalue weighted by molar-refractivity contribution is 7.89. The van der Waals surface area contributed by atoms with Crippen molar-refractivity contribution in [1.29, 1.82) is 0 Å². The van der Waals surface area contributed by atoms with Crippen molar-refractivity contribution >= 4 is 27.7 Å². The van der Waals surface area contributed by atoms with Crippen LogP contribution in [0.3, 0.4) is 0 Å². The molecule has 0 bridgehead atoms. The second-order valence-electron chi connectivity index (χ2n) is 6.80. The molecule has 0 aromatic heterocycles. The molecule has 10 heteroatoms. The Balaban J connectivity index is 1.75. The molecule has 0 saturated carbocycles. The number of aryl methyl sites for hydroxylation is 1. The number of sulfonamides is 1. The van der Waals surface area contributed by atoms with E-state index in [1.54, 1.807) is 12.1 Å². The predicted octanol–water partition coefficient (Wildman–Crippen LogP) is -0.260. The topological polar surface area (TPSA) is 125 Å². The summed E-state index contributed by atoms with van der Waals surface area (Å²) >= 11 is 0. The van der Waals surface area contributed by atoms with Crippen LogP contribution in [0.1, 0.15) is 24.8 Å². The molecule has 0 aliphatic carbocycles. The molecule has 0 spiro atoms. The minimum atomic E-state index is -4.00. The van der Waals surface area contributed by atoms with Crippen molar-refractivity contribution in [3.05, 3.63) is 42.2 Å². The van der Waals surface area contributed by atoms with Gasteiger partial charge < -0.3 is 16.0 Å². The first-order valence-corrected chi connectivity index (χ1v) is 10.3. The third kappa shape index (κ3) is 4.33. The number of amides is 3. The van der Waals surface area contributed by atoms with Gasteiger partial charge >= 0.3 is 0 Å². The zero-order valence-corrected chi connectivity index (χ0v) is 16.2. The molecule has 28 heavy (non-hydrogen) atoms. The van der Waals surface area contributed by atoms with Gasteiger partial charge in [-0.05, 0) is 25.5 Å². The molecule has 0 unspecified atom stereocenters. The molecular formula is C18H22N4O5S. The van der Waals surface area contributed by atoms with E-state index in [0.29, 0.717) is 19.4 Å². The van der Waals surface area contributed by atoms with Crippen molar-refractivity contribution in [3.63, 3.8) is 0 Å². The Morgan fingerprint density at radius 1 is 1.25 bits per heavy atom. The molecule has 3 N–H and O–H groups in total. The van der Waals surface area contributed by atoms with Gasteiger partial charge in [0.05, 0.1) is 11.3 Å². The third-order valence-corrected chi connectivity index (χ3v) is 6.46. The number of carbonyl (C=O) groups excluding carboxylic acids is 3. The first-order chi connectivity index (χ1) is 13.3. The summed E-state index contributed by atoms with van der Waals surface area (Å²) in [6.45, 7) is 2.15. The lowest BCUT2D eigenvalue weighted by Crippen LogP contribution is -2.53. The van der Waals surface area contributed by atoms with Gasteiger partial charge in [-0.2, -0.15) is 0 Å². The Morgan fingerprint density at radius 2 is 1.96 bits per heavy atom. The zero-order chi connectivity index (χ0) is 20.3. The fraction of sp³-hybridized carbons (Fsp3) is 0.389. The molecular weight excluding hydrogens is 384 g/mol. The van der Waals surface area contributed by atoms with Crippen LogP contribution in [-0.2, 0) is 24.4 Å². The Morgan fingerprint density at radius 3 is 2.61 bits per heavy atom. The Bertz CT molecular complexity index is 900. The third-order valence-electron chi connectivity index (χ3n) is 4.66. The van der Waals surface area contributed by atoms with Crippen molar-refractivity contribution < 1.29 is 22.8 Å². The highest BCUT2D eigenvalue weighted by Gasteiger charge is 2.37. The lowest BCUT2D eigenvalue weighted by atomic mass is 10.1. The summed E-state index contributed by atoms with van der Waals surface area (Å²) < 4.78 is 26.9. The summed E-state index contributed by atoms with van der Waals surface area (Å²) in [7, 11) is -4.00. The summed E-state index contributed by atoms with van der Waals surface area (Å²) in [6.07, 6.45) is 2.96. The van der Waals surface area contributed by atoms with Crippen LogP contribution in [0.5, 0.6) is 0 Å². The average molecular weight is 406 g/mol. The van der Waals surface area contributed by atoms with Crippen molar-refractivity contribution in [2.24, 2.45) is 0 Å². The van der Waals surface area contributed by atoms with Gasteiger partial charge in [0.25, 0.3) is 10.0 Å². The Hall–Kier alpha value is -2.88. The minimum absolute atomic E-state index is 0.0397. The predicted molar refractivity (Wildman–Crippen MR) is 100 cm³/mol. The quantitative estimate of drug-likeness (QED) is 0.621. The molecule has 1 aromatic rings. The molecule has 2 aliphatic rings. The van der Waals surface area contributed by atoms with E-state index in [1.807, 2.05) is 6.92 Å². The number of nitrogens with one attached hydrogen (secondary N) is 3. The summed E-state index contributed by atoms with van der Waals surface area (Å²) in [6, 6.07) is 4.82. The summed E-state index contributed by atoms with van der Waals surface area (Å²) in [5.74, 6) is -1.11. The van der Waals surface area contributed by atoms with E-state index in [9.17, 15) is 22.8 Å². The number of piperidine rings is 1. The molecule has 3 rings (SSSR count). The molecule has 1 fully saturated rings. The van der Waals surface area contributed by atoms with Gasteiger partial charge in [0.15, 0.2) is 0 Å². The standard InChI is InChI=1S/C18H22N4O5S/c1-12-2-5-14(6-3-12)28(26,27)22-9-8-19-18(25)15(22)10-17(24)21-13-4-7-16(23)20-11-13/h2-3,5-6,8-9,13,15H,4,7,10-11H2,1H3,(H,19,25)(H,20,23)(H,21,24)/t13-,15+/m0/s1. The molecule has 1 aromatic carbocycles. The van der Waals surface area contributed by atoms with Gasteiger partial charge in [-0.1, -0.05) is 17.7 Å². The molecule has 3 amide bonds. The number of hydrogen-bond donors (Lipinski definition) is 3. The van der Waals surface area contributed by atoms with Gasteiger partial charge in [-0.15, -0.1) is 0 Å². The Kier molecular flexibility index (Phi) is 5.68. The Labute approximate surface area is 163 Å². The highest BCUT2D eigenvalue weighted by Crippen LogP contribution is 2.22. The molecule has 0 radical (unpaired) electrons. The molecule has 1 saturated heterocycles. The maximum atomic E-state index is 13.0. The smallest absolute Gasteiger partial charge is 0.264 e. The normalized spacial score (nSPS) is 22.4. The van der Waals surface area contributed by atoms with E-state index in [1.165, 1.54) is 24.5 Å². The van der Waals surface area contributed by atoms with Gasteiger partial charge in [0, 0.05) is 31.4 Å². The molecule has 9 nitrogen and oxygen atoms in total. The van der Waals surface area contributed by atoms with Crippen LogP contribution in [0.15, 0.2) is 41.6 Å². The van der Waals surface area contributed by atoms with E-state index in [-0.39, 0.29) is 23.3 Å². The van der Waals surface area contributed by atoms with E-state index in [0.717, 1.165) is 9.87 Å². The number of benzene rings is 1. The van der Waals surface area contributed by atoms with Gasteiger partial charge in [-0.3, -0.25) is 18.7 Å². The lowest BCUT2D eigenvalue weighted by Gasteiger charge is -2.32. The number of rotatable bonds is 5. The zero-order valence-electron chi connectivity index (χ0n) is 15.3. The number of carbonyl (C=O) groups is 3. The molecule has 2 heterocycles. The van der Waals surface area contributed by atoms with Crippen LogP contribution in [0.25, 0.3) is 0 Å². The summed E-state index contributed by atoms with van der Waals surface area (Å²) in [5.41, 5.74) is 0.904. The maximum absolute atomic E-state index is 13.0. The SMILES string of the molecule is Cc1ccc(S(=O)(=O)N2C=CNC(=O)[C@H]2CC(=O)N[C@H]2CCC(=O)NC2)cc1. The van der Waals surface area contributed by atoms with Crippen LogP contribution >= 0.6 is 0 Å². The second kappa shape index (κ2) is 8.01. The fourth-order valence-corrected chi connectivity index (χ4v) is 4.54. The summed E-state index contributed by atoms with van der Waals surface area (Å²) in [5, 5.41) is 7.85. The molecule has 2 atom stereocenters. The fourth-order valence-electron chi connectivity index (χ4n) is 3.09. The first-order valence-electron chi connectivity index (χ1n) is 8.90. The largest absolute Gasteiger partial charge is 0.354 e. The van der Waals surface area contributed by atoms with E-state index < -0.39 is 27.9 Å². The van der Waals surface area contributed by atoms with E-state index in [4.69, 9.17) is 0 Å². The van der Waals surface area contributed by atoms with Gasteiger partial charge in [-0.25, -0.2) is 8.42 Å². The van der Waals surface area contributed by atoms with Gasteiger partial charge in [0.1, 0.15) is 6.04 Å². The molecule has 2 aliphatic heterocycles. The first kappa shape index (κ1) is 19.9. The van der Waals surface area contributed by atoms with Crippen LogP contribution < -0.4 is 16.0 Å². The number of hydrogen-bond acceptors (Lipinski definition) is 5. The van der Waals surface area contributed by atoms with Crippen molar-refractivity contribution in [1.82, 2.24) is 20.3 Å². The second-order valence-corrected chi connectivity index (χ2v) is 8.64. The van der Waals surface area contributed by atoms with Crippen LogP contribution in [0, 0.1) is 6.92 Å². The lowest BCUT2D eigenvalue weighted by molar-refractivity contribution is -0.130. The van der Waals surface area contributed by atoms with Crippen molar-refractivity contribution in [2.75, 3.05) is 6.54 Å². The summed E-state index contributed by atoms with van der Waals surface area (Å²) in [4.78, 5) is 36.0. The monoisotopic (exact) mass is 406 g/mol. The van der Waals surface area contributed by atoms with Crippen LogP contribution in [0.2, 0.25) is 0 Å².